The maximum absolute atomic E-state index is 11.8. The molecular weight excluding hydrogens is 274 g/mol. The van der Waals surface area contributed by atoms with Crippen molar-refractivity contribution in [3.63, 3.8) is 0 Å². The lowest BCUT2D eigenvalue weighted by Gasteiger charge is -2.26. The van der Waals surface area contributed by atoms with Gasteiger partial charge in [-0.15, -0.1) is 0 Å². The van der Waals surface area contributed by atoms with Crippen LogP contribution >= 0.6 is 0 Å². The normalized spacial score (nSPS) is 16.8. The van der Waals surface area contributed by atoms with Crippen LogP contribution in [0.5, 0.6) is 5.75 Å². The van der Waals surface area contributed by atoms with Crippen LogP contribution in [0.4, 0.5) is 11.4 Å². The summed E-state index contributed by atoms with van der Waals surface area (Å²) in [5.74, 6) is -0.960. The zero-order chi connectivity index (χ0) is 15.0. The Balaban J connectivity index is 1.72. The van der Waals surface area contributed by atoms with E-state index in [1.807, 2.05) is 0 Å². The van der Waals surface area contributed by atoms with Crippen molar-refractivity contribution in [2.45, 2.75) is 18.9 Å². The third-order valence-corrected chi connectivity index (χ3v) is 3.42. The molecule has 7 nitrogen and oxygen atoms in total. The van der Waals surface area contributed by atoms with Gasteiger partial charge in [0, 0.05) is 18.8 Å². The van der Waals surface area contributed by atoms with E-state index < -0.39 is 11.8 Å². The molecule has 0 atom stereocenters. The van der Waals surface area contributed by atoms with Crippen molar-refractivity contribution in [3.05, 3.63) is 18.2 Å². The van der Waals surface area contributed by atoms with E-state index in [0.717, 1.165) is 12.8 Å². The number of hydrogen-bond donors (Lipinski definition) is 2. The first-order chi connectivity index (χ1) is 10.0. The lowest BCUT2D eigenvalue weighted by atomic mass is 10.2. The molecule has 110 valence electrons. The number of rotatable bonds is 2. The predicted octanol–water partition coefficient (Wildman–Crippen LogP) is 0.259. The highest BCUT2D eigenvalue weighted by atomic mass is 16.5. The monoisotopic (exact) mass is 289 g/mol. The van der Waals surface area contributed by atoms with Crippen LogP contribution in [0.3, 0.4) is 0 Å². The average molecular weight is 289 g/mol. The van der Waals surface area contributed by atoms with Crippen molar-refractivity contribution >= 4 is 29.1 Å². The lowest BCUT2D eigenvalue weighted by molar-refractivity contribution is -0.136. The number of nitrogens with zero attached hydrogens (tertiary/aromatic N) is 1. The second-order valence-corrected chi connectivity index (χ2v) is 5.13. The Morgan fingerprint density at radius 1 is 1.29 bits per heavy atom. The van der Waals surface area contributed by atoms with E-state index in [1.54, 1.807) is 25.2 Å². The molecule has 1 fully saturated rings. The molecule has 0 saturated heterocycles. The van der Waals surface area contributed by atoms with Gasteiger partial charge in [-0.2, -0.15) is 0 Å². The minimum absolute atomic E-state index is 0.000992. The molecule has 1 aliphatic carbocycles. The number of fused-ring (bicyclic) bond motifs is 1. The molecular formula is C14H15N3O4. The Morgan fingerprint density at radius 3 is 2.76 bits per heavy atom. The van der Waals surface area contributed by atoms with Crippen molar-refractivity contribution in [2.75, 3.05) is 23.9 Å². The van der Waals surface area contributed by atoms with Gasteiger partial charge in [-0.05, 0) is 31.0 Å². The van der Waals surface area contributed by atoms with Crippen LogP contribution in [0.1, 0.15) is 12.8 Å². The Bertz CT molecular complexity index is 625. The number of likely N-dealkylation sites (N-methyl/N-ethyl adjacent to an activating group) is 1. The summed E-state index contributed by atoms with van der Waals surface area (Å²) in [4.78, 5) is 36.4. The fourth-order valence-electron chi connectivity index (χ4n) is 2.02. The van der Waals surface area contributed by atoms with Gasteiger partial charge in [-0.3, -0.25) is 14.4 Å². The number of benzene rings is 1. The van der Waals surface area contributed by atoms with Gasteiger partial charge in [-0.1, -0.05) is 0 Å². The Labute approximate surface area is 121 Å². The van der Waals surface area contributed by atoms with E-state index in [-0.39, 0.29) is 18.6 Å². The van der Waals surface area contributed by atoms with Gasteiger partial charge in [0.2, 0.25) is 0 Å². The van der Waals surface area contributed by atoms with Gasteiger partial charge in [0.15, 0.2) is 6.61 Å². The quantitative estimate of drug-likeness (QED) is 0.764. The maximum atomic E-state index is 11.8. The molecule has 3 rings (SSSR count). The van der Waals surface area contributed by atoms with Crippen molar-refractivity contribution in [2.24, 2.45) is 0 Å². The van der Waals surface area contributed by atoms with Gasteiger partial charge < -0.3 is 20.3 Å². The summed E-state index contributed by atoms with van der Waals surface area (Å²) in [6, 6.07) is 5.02. The topological polar surface area (TPSA) is 87.7 Å². The summed E-state index contributed by atoms with van der Waals surface area (Å²) in [7, 11) is 1.63. The number of hydrogen-bond acceptors (Lipinski definition) is 4. The number of anilines is 2. The molecule has 0 bridgehead atoms. The number of amides is 3. The summed E-state index contributed by atoms with van der Waals surface area (Å²) in [5.41, 5.74) is 1.00. The van der Waals surface area contributed by atoms with E-state index in [0.29, 0.717) is 17.1 Å². The van der Waals surface area contributed by atoms with Crippen molar-refractivity contribution in [1.82, 2.24) is 5.32 Å². The molecule has 21 heavy (non-hydrogen) atoms. The molecule has 1 aliphatic heterocycles. The molecule has 1 saturated carbocycles. The smallest absolute Gasteiger partial charge is 0.313 e. The molecule has 0 radical (unpaired) electrons. The highest BCUT2D eigenvalue weighted by Gasteiger charge is 2.27. The average Bonchev–Trinajstić information content (AvgIpc) is 3.27. The number of ether oxygens (including phenoxy) is 1. The maximum Gasteiger partial charge on any atom is 0.313 e. The first kappa shape index (κ1) is 13.4. The fourth-order valence-corrected chi connectivity index (χ4v) is 2.02. The first-order valence-electron chi connectivity index (χ1n) is 6.70. The minimum atomic E-state index is -0.715. The van der Waals surface area contributed by atoms with Crippen molar-refractivity contribution in [3.8, 4) is 5.75 Å². The third-order valence-electron chi connectivity index (χ3n) is 3.42. The van der Waals surface area contributed by atoms with Crippen LogP contribution in [-0.4, -0.2) is 37.4 Å². The standard InChI is InChI=1S/C14H15N3O4/c1-17-10-6-9(4-5-11(10)21-7-12(17)18)16-14(20)13(19)15-8-2-3-8/h4-6,8H,2-3,7H2,1H3,(H,15,19)(H,16,20). The summed E-state index contributed by atoms with van der Waals surface area (Å²) in [6.45, 7) is -0.000992. The molecule has 2 aliphatic rings. The van der Waals surface area contributed by atoms with Gasteiger partial charge >= 0.3 is 11.8 Å². The summed E-state index contributed by atoms with van der Waals surface area (Å²) in [5, 5.41) is 5.13. The second kappa shape index (κ2) is 5.08. The van der Waals surface area contributed by atoms with Gasteiger partial charge in [0.1, 0.15) is 5.75 Å². The largest absolute Gasteiger partial charge is 0.482 e. The summed E-state index contributed by atoms with van der Waals surface area (Å²) < 4.78 is 5.29. The molecule has 1 aromatic rings. The van der Waals surface area contributed by atoms with Gasteiger partial charge in [0.05, 0.1) is 5.69 Å². The van der Waals surface area contributed by atoms with Crippen LogP contribution in [0.2, 0.25) is 0 Å². The zero-order valence-electron chi connectivity index (χ0n) is 11.5. The fraction of sp³-hybridized carbons (Fsp3) is 0.357. The molecule has 7 heteroatoms. The van der Waals surface area contributed by atoms with E-state index in [4.69, 9.17) is 4.74 Å². The number of carbonyl (C=O) groups is 3. The first-order valence-corrected chi connectivity index (χ1v) is 6.70. The summed E-state index contributed by atoms with van der Waals surface area (Å²) >= 11 is 0. The third kappa shape index (κ3) is 2.81. The molecule has 1 heterocycles. The van der Waals surface area contributed by atoms with E-state index in [9.17, 15) is 14.4 Å². The molecule has 0 aromatic heterocycles. The van der Waals surface area contributed by atoms with Crippen LogP contribution in [0, 0.1) is 0 Å². The highest BCUT2D eigenvalue weighted by Crippen LogP contribution is 2.33. The van der Waals surface area contributed by atoms with Crippen LogP contribution in [0.25, 0.3) is 0 Å². The van der Waals surface area contributed by atoms with Crippen LogP contribution in [0.15, 0.2) is 18.2 Å². The van der Waals surface area contributed by atoms with Crippen molar-refractivity contribution in [1.29, 1.82) is 0 Å². The summed E-state index contributed by atoms with van der Waals surface area (Å²) in [6.07, 6.45) is 1.84. The SMILES string of the molecule is CN1C(=O)COc2ccc(NC(=O)C(=O)NC3CC3)cc21. The lowest BCUT2D eigenvalue weighted by Crippen LogP contribution is -2.37. The van der Waals surface area contributed by atoms with Crippen LogP contribution in [-0.2, 0) is 14.4 Å². The molecule has 3 amide bonds. The molecule has 0 spiro atoms. The van der Waals surface area contributed by atoms with Gasteiger partial charge in [0.25, 0.3) is 5.91 Å². The van der Waals surface area contributed by atoms with Crippen LogP contribution < -0.4 is 20.3 Å². The highest BCUT2D eigenvalue weighted by molar-refractivity contribution is 6.39. The Hall–Kier alpha value is -2.57. The Kier molecular flexibility index (Phi) is 3.25. The molecule has 2 N–H and O–H groups in total. The van der Waals surface area contributed by atoms with Gasteiger partial charge in [-0.25, -0.2) is 0 Å². The predicted molar refractivity (Wildman–Crippen MR) is 75.1 cm³/mol. The zero-order valence-corrected chi connectivity index (χ0v) is 11.5. The molecule has 1 aromatic carbocycles. The van der Waals surface area contributed by atoms with E-state index in [2.05, 4.69) is 10.6 Å². The minimum Gasteiger partial charge on any atom is -0.482 e. The number of nitrogens with one attached hydrogen (secondary N) is 2. The van der Waals surface area contributed by atoms with Crippen molar-refractivity contribution < 1.29 is 19.1 Å². The molecule has 0 unspecified atom stereocenters. The van der Waals surface area contributed by atoms with E-state index in [1.165, 1.54) is 4.90 Å². The Morgan fingerprint density at radius 2 is 2.05 bits per heavy atom. The number of carbonyl (C=O) groups excluding carboxylic acids is 3. The second-order valence-electron chi connectivity index (χ2n) is 5.13. The van der Waals surface area contributed by atoms with E-state index >= 15 is 0 Å².